The van der Waals surface area contributed by atoms with Gasteiger partial charge < -0.3 is 5.73 Å². The van der Waals surface area contributed by atoms with E-state index >= 15 is 0 Å². The molecule has 13 heavy (non-hydrogen) atoms. The molecule has 0 spiro atoms. The minimum absolute atomic E-state index is 0.494. The molecule has 2 N–H and O–H groups in total. The van der Waals surface area contributed by atoms with Crippen LogP contribution in [-0.4, -0.2) is 6.54 Å². The van der Waals surface area contributed by atoms with Crippen LogP contribution >= 0.6 is 12.6 Å². The van der Waals surface area contributed by atoms with Crippen molar-refractivity contribution in [3.05, 3.63) is 29.8 Å². The first-order valence-corrected chi connectivity index (χ1v) is 4.82. The molecule has 1 aromatic carbocycles. The molecular weight excluding hydrogens is 185 g/mol. The van der Waals surface area contributed by atoms with Crippen molar-refractivity contribution in [1.29, 1.82) is 0 Å². The lowest BCUT2D eigenvalue weighted by molar-refractivity contribution is 0.318. The molecule has 0 heterocycles. The second-order valence-corrected chi connectivity index (χ2v) is 3.51. The van der Waals surface area contributed by atoms with Gasteiger partial charge in [-0.15, -0.1) is 12.6 Å². The smallest absolute Gasteiger partial charge is 0.125 e. The lowest BCUT2D eigenvalue weighted by Gasteiger charge is -2.07. The van der Waals surface area contributed by atoms with E-state index in [1.807, 2.05) is 12.1 Å². The second-order valence-electron chi connectivity index (χ2n) is 2.99. The second kappa shape index (κ2) is 5.25. The highest BCUT2D eigenvalue weighted by molar-refractivity contribution is 7.80. The molecule has 0 aliphatic heterocycles. The van der Waals surface area contributed by atoms with Crippen LogP contribution in [0.3, 0.4) is 0 Å². The summed E-state index contributed by atoms with van der Waals surface area (Å²) in [5, 5.41) is 0. The first kappa shape index (κ1) is 10.5. The number of rotatable bonds is 4. The average Bonchev–Trinajstić information content (AvgIpc) is 2.14. The highest BCUT2D eigenvalue weighted by Crippen LogP contribution is 2.23. The number of hydrogen-bond acceptors (Lipinski definition) is 2. The maximum absolute atomic E-state index is 13.4. The summed E-state index contributed by atoms with van der Waals surface area (Å²) < 4.78 is 13.4. The van der Waals surface area contributed by atoms with Gasteiger partial charge in [0.05, 0.1) is 0 Å². The van der Waals surface area contributed by atoms with E-state index in [9.17, 15) is 4.39 Å². The molecule has 0 bridgehead atoms. The maximum Gasteiger partial charge on any atom is 0.125 e. The third-order valence-corrected chi connectivity index (χ3v) is 2.17. The molecule has 0 aliphatic rings. The Hall–Kier alpha value is -0.540. The van der Waals surface area contributed by atoms with Crippen LogP contribution in [0, 0.1) is 0 Å². The van der Waals surface area contributed by atoms with Gasteiger partial charge in [0.2, 0.25) is 0 Å². The Morgan fingerprint density at radius 2 is 2.23 bits per heavy atom. The molecule has 72 valence electrons. The maximum atomic E-state index is 13.4. The summed E-state index contributed by atoms with van der Waals surface area (Å²) in [6.07, 6.45) is 0.307. The normalized spacial score (nSPS) is 12.8. The molecule has 1 aromatic rings. The molecular formula is C10H14FNS. The van der Waals surface area contributed by atoms with Crippen LogP contribution in [0.5, 0.6) is 0 Å². The Morgan fingerprint density at radius 3 is 2.85 bits per heavy atom. The van der Waals surface area contributed by atoms with E-state index in [4.69, 9.17) is 5.73 Å². The topological polar surface area (TPSA) is 26.0 Å². The predicted molar refractivity (Wildman–Crippen MR) is 55.8 cm³/mol. The van der Waals surface area contributed by atoms with Crippen molar-refractivity contribution < 1.29 is 4.39 Å². The number of benzene rings is 1. The van der Waals surface area contributed by atoms with Gasteiger partial charge in [-0.25, -0.2) is 4.39 Å². The van der Waals surface area contributed by atoms with Crippen LogP contribution in [0.2, 0.25) is 0 Å². The number of halogens is 1. The van der Waals surface area contributed by atoms with Crippen LogP contribution in [0.25, 0.3) is 0 Å². The van der Waals surface area contributed by atoms with Gasteiger partial charge in [-0.2, -0.15) is 0 Å². The molecule has 0 saturated carbocycles. The van der Waals surface area contributed by atoms with Crippen molar-refractivity contribution in [2.45, 2.75) is 23.9 Å². The third-order valence-electron chi connectivity index (χ3n) is 1.89. The fraction of sp³-hybridized carbons (Fsp3) is 0.400. The molecule has 1 rings (SSSR count). The van der Waals surface area contributed by atoms with Crippen LogP contribution < -0.4 is 5.73 Å². The summed E-state index contributed by atoms with van der Waals surface area (Å²) in [6, 6.07) is 7.18. The standard InChI is InChI=1S/C10H14FNS/c11-10(5-2-6-12)8-3-1-4-9(13)7-8/h1,3-4,7,10,13H,2,5-6,12H2. The number of hydrogen-bond donors (Lipinski definition) is 2. The monoisotopic (exact) mass is 199 g/mol. The fourth-order valence-electron chi connectivity index (χ4n) is 1.18. The summed E-state index contributed by atoms with van der Waals surface area (Å²) in [4.78, 5) is 0.799. The molecule has 3 heteroatoms. The Bertz CT molecular complexity index is 265. The molecule has 0 aromatic heterocycles. The van der Waals surface area contributed by atoms with Gasteiger partial charge in [-0.1, -0.05) is 12.1 Å². The van der Waals surface area contributed by atoms with Gasteiger partial charge >= 0.3 is 0 Å². The highest BCUT2D eigenvalue weighted by atomic mass is 32.1. The molecule has 0 radical (unpaired) electrons. The van der Waals surface area contributed by atoms with Gasteiger partial charge in [0, 0.05) is 4.90 Å². The Balaban J connectivity index is 2.60. The highest BCUT2D eigenvalue weighted by Gasteiger charge is 2.08. The molecule has 0 aliphatic carbocycles. The van der Waals surface area contributed by atoms with E-state index < -0.39 is 6.17 Å². The lowest BCUT2D eigenvalue weighted by atomic mass is 10.1. The Kier molecular flexibility index (Phi) is 4.25. The van der Waals surface area contributed by atoms with Crippen molar-refractivity contribution in [3.8, 4) is 0 Å². The average molecular weight is 199 g/mol. The van der Waals surface area contributed by atoms with E-state index in [0.29, 0.717) is 18.5 Å². The molecule has 0 fully saturated rings. The van der Waals surface area contributed by atoms with Crippen molar-refractivity contribution >= 4 is 12.6 Å². The first-order chi connectivity index (χ1) is 6.24. The van der Waals surface area contributed by atoms with E-state index in [1.54, 1.807) is 12.1 Å². The minimum atomic E-state index is -0.907. The molecule has 0 amide bonds. The summed E-state index contributed by atoms with van der Waals surface area (Å²) in [6.45, 7) is 0.543. The molecule has 1 nitrogen and oxygen atoms in total. The zero-order valence-corrected chi connectivity index (χ0v) is 8.31. The van der Waals surface area contributed by atoms with Crippen LogP contribution in [-0.2, 0) is 0 Å². The van der Waals surface area contributed by atoms with E-state index in [0.717, 1.165) is 11.3 Å². The van der Waals surface area contributed by atoms with Crippen LogP contribution in [0.1, 0.15) is 24.6 Å². The first-order valence-electron chi connectivity index (χ1n) is 4.37. The predicted octanol–water partition coefficient (Wildman–Crippen LogP) is 2.72. The summed E-state index contributed by atoms with van der Waals surface area (Å²) in [7, 11) is 0. The SMILES string of the molecule is NCCCC(F)c1cccc(S)c1. The fourth-order valence-corrected chi connectivity index (χ4v) is 1.42. The third kappa shape index (κ3) is 3.36. The Labute approximate surface area is 83.6 Å². The van der Waals surface area contributed by atoms with Gasteiger partial charge in [-0.3, -0.25) is 0 Å². The van der Waals surface area contributed by atoms with Crippen LogP contribution in [0.15, 0.2) is 29.2 Å². The van der Waals surface area contributed by atoms with Crippen molar-refractivity contribution in [2.75, 3.05) is 6.54 Å². The molecule has 1 unspecified atom stereocenters. The summed E-state index contributed by atoms with van der Waals surface area (Å²) in [5.41, 5.74) is 6.00. The quantitative estimate of drug-likeness (QED) is 0.716. The Morgan fingerprint density at radius 1 is 1.46 bits per heavy atom. The largest absolute Gasteiger partial charge is 0.330 e. The summed E-state index contributed by atoms with van der Waals surface area (Å²) in [5.74, 6) is 0. The molecule has 1 atom stereocenters. The number of thiol groups is 1. The number of alkyl halides is 1. The van der Waals surface area contributed by atoms with Crippen molar-refractivity contribution in [1.82, 2.24) is 0 Å². The van der Waals surface area contributed by atoms with Gasteiger partial charge in [0.25, 0.3) is 0 Å². The minimum Gasteiger partial charge on any atom is -0.330 e. The van der Waals surface area contributed by atoms with Crippen molar-refractivity contribution in [3.63, 3.8) is 0 Å². The van der Waals surface area contributed by atoms with E-state index in [2.05, 4.69) is 12.6 Å². The van der Waals surface area contributed by atoms with E-state index in [-0.39, 0.29) is 0 Å². The van der Waals surface area contributed by atoms with Gasteiger partial charge in [0.1, 0.15) is 6.17 Å². The zero-order chi connectivity index (χ0) is 9.68. The number of nitrogens with two attached hydrogens (primary N) is 1. The van der Waals surface area contributed by atoms with E-state index in [1.165, 1.54) is 0 Å². The lowest BCUT2D eigenvalue weighted by Crippen LogP contribution is -2.01. The zero-order valence-electron chi connectivity index (χ0n) is 7.41. The summed E-state index contributed by atoms with van der Waals surface area (Å²) >= 11 is 4.15. The van der Waals surface area contributed by atoms with Gasteiger partial charge in [-0.05, 0) is 37.1 Å². The molecule has 0 saturated heterocycles. The van der Waals surface area contributed by atoms with Crippen LogP contribution in [0.4, 0.5) is 4.39 Å². The van der Waals surface area contributed by atoms with Gasteiger partial charge in [0.15, 0.2) is 0 Å². The van der Waals surface area contributed by atoms with Crippen molar-refractivity contribution in [2.24, 2.45) is 5.73 Å².